The van der Waals surface area contributed by atoms with Crippen molar-refractivity contribution in [3.8, 4) is 0 Å². The molecule has 2 aromatic rings. The van der Waals surface area contributed by atoms with Crippen molar-refractivity contribution < 1.29 is 35.5 Å². The fraction of sp³-hybridized carbons (Fsp3) is 0.235. The molecular formula is C17H11F7OS3. The summed E-state index contributed by atoms with van der Waals surface area (Å²) in [5.74, 6) is -15.0. The summed E-state index contributed by atoms with van der Waals surface area (Å²) in [4.78, 5) is 13.0. The zero-order valence-electron chi connectivity index (χ0n) is 13.9. The Kier molecular flexibility index (Phi) is 6.51. The van der Waals surface area contributed by atoms with Crippen LogP contribution in [0.1, 0.15) is 26.3 Å². The summed E-state index contributed by atoms with van der Waals surface area (Å²) in [6.45, 7) is 5.52. The number of rotatable bonds is 7. The van der Waals surface area contributed by atoms with E-state index in [4.69, 9.17) is 0 Å². The summed E-state index contributed by atoms with van der Waals surface area (Å²) in [6, 6.07) is 5.62. The number of alkyl halides is 7. The van der Waals surface area contributed by atoms with Crippen molar-refractivity contribution in [3.63, 3.8) is 0 Å². The van der Waals surface area contributed by atoms with E-state index in [0.717, 1.165) is 27.6 Å². The first-order valence-corrected chi connectivity index (χ1v) is 9.88. The second-order valence-corrected chi connectivity index (χ2v) is 8.46. The Morgan fingerprint density at radius 1 is 1.04 bits per heavy atom. The number of thioether (sulfide) groups is 1. The fourth-order valence-electron chi connectivity index (χ4n) is 1.94. The van der Waals surface area contributed by atoms with Crippen molar-refractivity contribution in [2.24, 2.45) is 0 Å². The lowest BCUT2D eigenvalue weighted by molar-refractivity contribution is -0.339. The Bertz CT molecular complexity index is 892. The highest BCUT2D eigenvalue weighted by atomic mass is 32.2. The van der Waals surface area contributed by atoms with Crippen LogP contribution in [0.25, 0.3) is 9.81 Å². The van der Waals surface area contributed by atoms with Gasteiger partial charge in [-0.1, -0.05) is 30.5 Å². The molecule has 0 saturated carbocycles. The maximum Gasteiger partial charge on any atom is 0.460 e. The summed E-state index contributed by atoms with van der Waals surface area (Å²) < 4.78 is 90.1. The van der Waals surface area contributed by atoms with Crippen molar-refractivity contribution in [2.75, 3.05) is 0 Å². The van der Waals surface area contributed by atoms with E-state index in [0.29, 0.717) is 16.2 Å². The molecule has 0 atom stereocenters. The van der Waals surface area contributed by atoms with Gasteiger partial charge in [0.25, 0.3) is 0 Å². The molecule has 152 valence electrons. The average molecular weight is 460 g/mol. The van der Waals surface area contributed by atoms with Crippen LogP contribution in [0.3, 0.4) is 0 Å². The summed E-state index contributed by atoms with van der Waals surface area (Å²) in [7, 11) is 0. The molecule has 0 aliphatic heterocycles. The third-order valence-electron chi connectivity index (χ3n) is 3.40. The summed E-state index contributed by atoms with van der Waals surface area (Å²) in [5, 5.41) is 1.84. The molecular weight excluding hydrogens is 449 g/mol. The molecule has 2 heterocycles. The molecule has 0 unspecified atom stereocenters. The third kappa shape index (κ3) is 4.20. The molecule has 0 fully saturated rings. The number of Topliss-reactive ketones (excluding diaryl/α,β-unsaturated/α-hetero) is 1. The summed E-state index contributed by atoms with van der Waals surface area (Å²) in [6.07, 6.45) is -4.79. The van der Waals surface area contributed by atoms with Crippen molar-refractivity contribution in [2.45, 2.75) is 24.9 Å². The lowest BCUT2D eigenvalue weighted by Crippen LogP contribution is -2.56. The molecule has 0 spiro atoms. The molecule has 28 heavy (non-hydrogen) atoms. The average Bonchev–Trinajstić information content (AvgIpc) is 3.29. The van der Waals surface area contributed by atoms with Gasteiger partial charge in [-0.25, -0.2) is 0 Å². The van der Waals surface area contributed by atoms with E-state index in [-0.39, 0.29) is 4.88 Å². The first-order chi connectivity index (χ1) is 12.8. The minimum Gasteiger partial charge on any atom is -0.286 e. The van der Waals surface area contributed by atoms with Gasteiger partial charge >= 0.3 is 18.0 Å². The number of hydrogen-bond donors (Lipinski definition) is 0. The minimum atomic E-state index is -6.56. The van der Waals surface area contributed by atoms with E-state index in [2.05, 4.69) is 6.58 Å². The molecule has 0 N–H and O–H groups in total. The monoisotopic (exact) mass is 460 g/mol. The molecule has 2 rings (SSSR count). The highest BCUT2D eigenvalue weighted by molar-refractivity contribution is 8.16. The van der Waals surface area contributed by atoms with Crippen LogP contribution >= 0.6 is 34.4 Å². The van der Waals surface area contributed by atoms with Crippen molar-refractivity contribution in [1.29, 1.82) is 0 Å². The zero-order valence-corrected chi connectivity index (χ0v) is 16.4. The van der Waals surface area contributed by atoms with Gasteiger partial charge in [-0.15, -0.1) is 22.7 Å². The fourth-order valence-corrected chi connectivity index (χ4v) is 4.72. The lowest BCUT2D eigenvalue weighted by Gasteiger charge is -2.26. The standard InChI is InChI=1S/C17H11F7OS3/c1-3-10(12-5-4-8-26-12)27-9(2)11-6-7-13(28-11)14(25)15(18,19)16(20,21)17(22,23)24/h3-8H,2H2,1H3/b10-3-. The van der Waals surface area contributed by atoms with Gasteiger partial charge in [-0.2, -0.15) is 30.7 Å². The van der Waals surface area contributed by atoms with E-state index < -0.39 is 28.7 Å². The number of thiophene rings is 2. The van der Waals surface area contributed by atoms with Crippen LogP contribution in [0.2, 0.25) is 0 Å². The van der Waals surface area contributed by atoms with E-state index in [1.54, 1.807) is 13.0 Å². The number of halogens is 7. The molecule has 0 aliphatic carbocycles. The summed E-state index contributed by atoms with van der Waals surface area (Å²) >= 11 is 2.98. The van der Waals surface area contributed by atoms with Gasteiger partial charge in [0.1, 0.15) is 0 Å². The first-order valence-electron chi connectivity index (χ1n) is 7.37. The lowest BCUT2D eigenvalue weighted by atomic mass is 10.1. The highest BCUT2D eigenvalue weighted by Gasteiger charge is 2.76. The number of carbonyl (C=O) groups excluding carboxylic acids is 1. The van der Waals surface area contributed by atoms with E-state index in [9.17, 15) is 35.5 Å². The van der Waals surface area contributed by atoms with Crippen molar-refractivity contribution >= 4 is 50.0 Å². The zero-order chi connectivity index (χ0) is 21.3. The Morgan fingerprint density at radius 3 is 2.14 bits per heavy atom. The molecule has 1 nitrogen and oxygen atoms in total. The van der Waals surface area contributed by atoms with Gasteiger partial charge in [0.2, 0.25) is 5.78 Å². The predicted octanol–water partition coefficient (Wildman–Crippen LogP) is 7.59. The number of carbonyl (C=O) groups is 1. The van der Waals surface area contributed by atoms with Gasteiger partial charge in [0.05, 0.1) is 4.88 Å². The van der Waals surface area contributed by atoms with Crippen LogP contribution in [0.15, 0.2) is 42.3 Å². The quantitative estimate of drug-likeness (QED) is 0.313. The first kappa shape index (κ1) is 22.7. The van der Waals surface area contributed by atoms with Gasteiger partial charge < -0.3 is 0 Å². The van der Waals surface area contributed by atoms with Gasteiger partial charge in [0.15, 0.2) is 0 Å². The van der Waals surface area contributed by atoms with Crippen LogP contribution in [-0.4, -0.2) is 23.8 Å². The highest BCUT2D eigenvalue weighted by Crippen LogP contribution is 2.49. The van der Waals surface area contributed by atoms with Crippen LogP contribution in [0.4, 0.5) is 30.7 Å². The van der Waals surface area contributed by atoms with Crippen LogP contribution in [-0.2, 0) is 0 Å². The second-order valence-electron chi connectivity index (χ2n) is 5.30. The van der Waals surface area contributed by atoms with E-state index >= 15 is 0 Å². The SMILES string of the molecule is C=C(S/C(=C\C)c1cccs1)c1ccc(C(=O)C(F)(F)C(F)(F)C(F)(F)F)s1. The second kappa shape index (κ2) is 8.03. The Balaban J connectivity index is 2.23. The minimum absolute atomic E-state index is 0.204. The van der Waals surface area contributed by atoms with E-state index in [1.807, 2.05) is 17.5 Å². The van der Waals surface area contributed by atoms with Crippen LogP contribution < -0.4 is 0 Å². The van der Waals surface area contributed by atoms with E-state index in [1.165, 1.54) is 17.4 Å². The normalized spacial score (nSPS) is 13.6. The maximum atomic E-state index is 13.6. The van der Waals surface area contributed by atoms with Crippen LogP contribution in [0, 0.1) is 0 Å². The molecule has 0 aliphatic rings. The molecule has 0 saturated heterocycles. The molecule has 2 aromatic heterocycles. The molecule has 11 heteroatoms. The van der Waals surface area contributed by atoms with Gasteiger partial charge in [-0.3, -0.25) is 4.79 Å². The molecule has 0 aromatic carbocycles. The Labute approximate surface area is 167 Å². The number of ketones is 1. The molecule has 0 bridgehead atoms. The molecule has 0 amide bonds. The van der Waals surface area contributed by atoms with Crippen molar-refractivity contribution in [1.82, 2.24) is 0 Å². The Hall–Kier alpha value is -1.59. The summed E-state index contributed by atoms with van der Waals surface area (Å²) in [5.41, 5.74) is 0. The smallest absolute Gasteiger partial charge is 0.286 e. The number of allylic oxidation sites excluding steroid dienone is 1. The number of hydrogen-bond acceptors (Lipinski definition) is 4. The van der Waals surface area contributed by atoms with Gasteiger partial charge in [-0.05, 0) is 30.5 Å². The topological polar surface area (TPSA) is 17.1 Å². The van der Waals surface area contributed by atoms with Crippen molar-refractivity contribution in [3.05, 3.63) is 56.9 Å². The molecule has 0 radical (unpaired) electrons. The maximum absolute atomic E-state index is 13.6. The third-order valence-corrected chi connectivity index (χ3v) is 6.85. The largest absolute Gasteiger partial charge is 0.460 e. The predicted molar refractivity (Wildman–Crippen MR) is 99.2 cm³/mol. The van der Waals surface area contributed by atoms with Crippen LogP contribution in [0.5, 0.6) is 0 Å². The van der Waals surface area contributed by atoms with Gasteiger partial charge in [0, 0.05) is 19.6 Å². The Morgan fingerprint density at radius 2 is 1.64 bits per heavy atom.